The zero-order chi connectivity index (χ0) is 14.9. The standard InChI is InChI=1S/C16H21N3O2/c1-11-9-12(5-6-13(11)20-2)15-18-14(21-19-15)10-16(17)7-3-4-8-16/h5-6,9H,3-4,7-8,10,17H2,1-2H3. The van der Waals surface area contributed by atoms with Gasteiger partial charge in [-0.3, -0.25) is 0 Å². The summed E-state index contributed by atoms with van der Waals surface area (Å²) in [5.74, 6) is 2.09. The summed E-state index contributed by atoms with van der Waals surface area (Å²) in [4.78, 5) is 4.49. The second-order valence-corrected chi connectivity index (χ2v) is 5.94. The number of rotatable bonds is 4. The van der Waals surface area contributed by atoms with E-state index in [0.717, 1.165) is 29.7 Å². The Labute approximate surface area is 124 Å². The molecule has 0 amide bonds. The minimum absolute atomic E-state index is 0.167. The number of aromatic nitrogens is 2. The van der Waals surface area contributed by atoms with Crippen LogP contribution in [0.1, 0.15) is 37.1 Å². The summed E-state index contributed by atoms with van der Waals surface area (Å²) >= 11 is 0. The average Bonchev–Trinajstić information content (AvgIpc) is 3.08. The first-order chi connectivity index (χ1) is 10.1. The lowest BCUT2D eigenvalue weighted by Crippen LogP contribution is -2.38. The quantitative estimate of drug-likeness (QED) is 0.936. The van der Waals surface area contributed by atoms with Gasteiger partial charge in [-0.2, -0.15) is 4.98 Å². The predicted molar refractivity (Wildman–Crippen MR) is 80.1 cm³/mol. The Morgan fingerprint density at radius 2 is 2.10 bits per heavy atom. The summed E-state index contributed by atoms with van der Waals surface area (Å²) in [6, 6.07) is 5.86. The van der Waals surface area contributed by atoms with Crippen LogP contribution >= 0.6 is 0 Å². The van der Waals surface area contributed by atoms with Gasteiger partial charge in [0.1, 0.15) is 5.75 Å². The lowest BCUT2D eigenvalue weighted by atomic mass is 9.95. The Morgan fingerprint density at radius 1 is 1.33 bits per heavy atom. The molecular weight excluding hydrogens is 266 g/mol. The van der Waals surface area contributed by atoms with Crippen molar-refractivity contribution in [2.45, 2.75) is 44.6 Å². The van der Waals surface area contributed by atoms with Gasteiger partial charge in [-0.05, 0) is 43.5 Å². The van der Waals surface area contributed by atoms with Gasteiger partial charge in [-0.1, -0.05) is 18.0 Å². The van der Waals surface area contributed by atoms with E-state index in [-0.39, 0.29) is 5.54 Å². The lowest BCUT2D eigenvalue weighted by Gasteiger charge is -2.20. The second-order valence-electron chi connectivity index (χ2n) is 5.94. The maximum atomic E-state index is 6.36. The van der Waals surface area contributed by atoms with Gasteiger partial charge in [-0.15, -0.1) is 0 Å². The highest BCUT2D eigenvalue weighted by Crippen LogP contribution is 2.31. The normalized spacial score (nSPS) is 17.1. The van der Waals surface area contributed by atoms with E-state index in [4.69, 9.17) is 15.0 Å². The van der Waals surface area contributed by atoms with Crippen molar-refractivity contribution >= 4 is 0 Å². The van der Waals surface area contributed by atoms with Gasteiger partial charge in [0.2, 0.25) is 11.7 Å². The van der Waals surface area contributed by atoms with Crippen molar-refractivity contribution in [2.75, 3.05) is 7.11 Å². The average molecular weight is 287 g/mol. The van der Waals surface area contributed by atoms with E-state index in [1.54, 1.807) is 7.11 Å². The molecule has 2 N–H and O–H groups in total. The van der Waals surface area contributed by atoms with E-state index >= 15 is 0 Å². The zero-order valence-electron chi connectivity index (χ0n) is 12.6. The van der Waals surface area contributed by atoms with Crippen molar-refractivity contribution in [3.05, 3.63) is 29.7 Å². The molecule has 1 aliphatic carbocycles. The van der Waals surface area contributed by atoms with E-state index in [0.29, 0.717) is 18.1 Å². The van der Waals surface area contributed by atoms with Crippen LogP contribution in [0.15, 0.2) is 22.7 Å². The third-order valence-electron chi connectivity index (χ3n) is 4.22. The van der Waals surface area contributed by atoms with Gasteiger partial charge in [0, 0.05) is 17.5 Å². The molecular formula is C16H21N3O2. The number of ether oxygens (including phenoxy) is 1. The van der Waals surface area contributed by atoms with Crippen LogP contribution in [0.25, 0.3) is 11.4 Å². The highest BCUT2D eigenvalue weighted by atomic mass is 16.5. The minimum Gasteiger partial charge on any atom is -0.496 e. The highest BCUT2D eigenvalue weighted by molar-refractivity contribution is 5.58. The summed E-state index contributed by atoms with van der Waals surface area (Å²) in [5, 5.41) is 4.07. The number of hydrogen-bond donors (Lipinski definition) is 1. The molecule has 1 aromatic carbocycles. The smallest absolute Gasteiger partial charge is 0.228 e. The molecule has 2 aromatic rings. The molecule has 0 atom stereocenters. The monoisotopic (exact) mass is 287 g/mol. The van der Waals surface area contributed by atoms with Crippen LogP contribution in [0.3, 0.4) is 0 Å². The fourth-order valence-electron chi connectivity index (χ4n) is 3.02. The Kier molecular flexibility index (Phi) is 3.68. The van der Waals surface area contributed by atoms with Crippen molar-refractivity contribution in [3.63, 3.8) is 0 Å². The fraction of sp³-hybridized carbons (Fsp3) is 0.500. The van der Waals surface area contributed by atoms with Crippen LogP contribution in [0, 0.1) is 6.92 Å². The van der Waals surface area contributed by atoms with E-state index in [2.05, 4.69) is 10.1 Å². The van der Waals surface area contributed by atoms with Crippen LogP contribution in [-0.2, 0) is 6.42 Å². The van der Waals surface area contributed by atoms with Gasteiger partial charge >= 0.3 is 0 Å². The Morgan fingerprint density at radius 3 is 2.76 bits per heavy atom. The molecule has 1 aromatic heterocycles. The van der Waals surface area contributed by atoms with E-state index < -0.39 is 0 Å². The van der Waals surface area contributed by atoms with Crippen molar-refractivity contribution in [1.29, 1.82) is 0 Å². The van der Waals surface area contributed by atoms with Gasteiger partial charge < -0.3 is 15.0 Å². The van der Waals surface area contributed by atoms with Crippen LogP contribution < -0.4 is 10.5 Å². The first-order valence-corrected chi connectivity index (χ1v) is 7.36. The molecule has 0 saturated heterocycles. The summed E-state index contributed by atoms with van der Waals surface area (Å²) in [6.07, 6.45) is 5.11. The number of aryl methyl sites for hydroxylation is 1. The number of hydrogen-bond acceptors (Lipinski definition) is 5. The molecule has 0 bridgehead atoms. The van der Waals surface area contributed by atoms with Crippen LogP contribution in [0.2, 0.25) is 0 Å². The van der Waals surface area contributed by atoms with Crippen LogP contribution in [-0.4, -0.2) is 22.8 Å². The molecule has 5 nitrogen and oxygen atoms in total. The van der Waals surface area contributed by atoms with Crippen molar-refractivity contribution in [2.24, 2.45) is 5.73 Å². The molecule has 1 fully saturated rings. The largest absolute Gasteiger partial charge is 0.496 e. The number of nitrogens with zero attached hydrogens (tertiary/aromatic N) is 2. The van der Waals surface area contributed by atoms with Crippen LogP contribution in [0.5, 0.6) is 5.75 Å². The van der Waals surface area contributed by atoms with Gasteiger partial charge in [0.25, 0.3) is 0 Å². The molecule has 21 heavy (non-hydrogen) atoms. The van der Waals surface area contributed by atoms with Gasteiger partial charge in [-0.25, -0.2) is 0 Å². The fourth-order valence-corrected chi connectivity index (χ4v) is 3.02. The molecule has 1 saturated carbocycles. The Hall–Kier alpha value is -1.88. The number of nitrogens with two attached hydrogens (primary N) is 1. The topological polar surface area (TPSA) is 74.2 Å². The van der Waals surface area contributed by atoms with E-state index in [9.17, 15) is 0 Å². The van der Waals surface area contributed by atoms with Crippen molar-refractivity contribution in [1.82, 2.24) is 10.1 Å². The van der Waals surface area contributed by atoms with E-state index in [1.807, 2.05) is 25.1 Å². The minimum atomic E-state index is -0.167. The SMILES string of the molecule is COc1ccc(-c2noc(CC3(N)CCCC3)n2)cc1C. The molecule has 3 rings (SSSR count). The second kappa shape index (κ2) is 5.48. The van der Waals surface area contributed by atoms with Gasteiger partial charge in [0.15, 0.2) is 0 Å². The lowest BCUT2D eigenvalue weighted by molar-refractivity contribution is 0.329. The summed E-state index contributed by atoms with van der Waals surface area (Å²) in [7, 11) is 1.66. The molecule has 0 spiro atoms. The van der Waals surface area contributed by atoms with Crippen LogP contribution in [0.4, 0.5) is 0 Å². The highest BCUT2D eigenvalue weighted by Gasteiger charge is 2.31. The zero-order valence-corrected chi connectivity index (χ0v) is 12.6. The number of benzene rings is 1. The molecule has 112 valence electrons. The number of methoxy groups -OCH3 is 1. The van der Waals surface area contributed by atoms with Gasteiger partial charge in [0.05, 0.1) is 7.11 Å². The third-order valence-corrected chi connectivity index (χ3v) is 4.22. The van der Waals surface area contributed by atoms with Crippen molar-refractivity contribution in [3.8, 4) is 17.1 Å². The Balaban J connectivity index is 1.79. The first-order valence-electron chi connectivity index (χ1n) is 7.36. The molecule has 0 aliphatic heterocycles. The van der Waals surface area contributed by atoms with E-state index in [1.165, 1.54) is 12.8 Å². The molecule has 5 heteroatoms. The molecule has 1 aliphatic rings. The first kappa shape index (κ1) is 14.1. The summed E-state index contributed by atoms with van der Waals surface area (Å²) < 4.78 is 10.6. The summed E-state index contributed by atoms with van der Waals surface area (Å²) in [6.45, 7) is 2.00. The third kappa shape index (κ3) is 2.93. The van der Waals surface area contributed by atoms with Crippen molar-refractivity contribution < 1.29 is 9.26 Å². The Bertz CT molecular complexity index is 630. The maximum Gasteiger partial charge on any atom is 0.228 e. The summed E-state index contributed by atoms with van der Waals surface area (Å²) in [5.41, 5.74) is 8.17. The predicted octanol–water partition coefficient (Wildman–Crippen LogP) is 2.87. The molecule has 0 radical (unpaired) electrons. The molecule has 0 unspecified atom stereocenters. The molecule has 1 heterocycles. The maximum absolute atomic E-state index is 6.36.